The molecule has 2 aliphatic carbocycles. The number of piperazine rings is 1. The maximum absolute atomic E-state index is 14.2. The molecule has 2 saturated heterocycles. The summed E-state index contributed by atoms with van der Waals surface area (Å²) in [6.45, 7) is 10.3. The lowest BCUT2D eigenvalue weighted by Gasteiger charge is -2.39. The Balaban J connectivity index is 0.669. The quantitative estimate of drug-likeness (QED) is 0.0195. The van der Waals surface area contributed by atoms with Crippen molar-refractivity contribution in [1.82, 2.24) is 35.1 Å². The predicted octanol–water partition coefficient (Wildman–Crippen LogP) is 10.6. The number of ether oxygens (including phenoxy) is 1. The predicted molar refractivity (Wildman–Crippen MR) is 327 cm³/mol. The van der Waals surface area contributed by atoms with Crippen molar-refractivity contribution in [2.75, 3.05) is 56.0 Å². The van der Waals surface area contributed by atoms with Crippen molar-refractivity contribution in [1.29, 1.82) is 0 Å². The van der Waals surface area contributed by atoms with Crippen LogP contribution in [0, 0.1) is 21.4 Å². The number of sulfonamides is 1. The number of nitrogens with one attached hydrogen (secondary N) is 5. The first-order valence-corrected chi connectivity index (χ1v) is 31.6. The van der Waals surface area contributed by atoms with E-state index in [0.29, 0.717) is 55.6 Å². The SMILES string of the molecule is CC1(C)CCC(CN2CCN(c3ccc(C(=O)NS(=O)(=O)c4ccc(NCC5CCC(NCCCCCc6cccc7c6CN(C6CCC(=O)NC6=O)C7=O)CC5)c([N+](=O)[O-])c4)c(Oc4cnc5[nH]ccc5c4)c3)CC2)=C(c2ccc(Cl)cc2)C1. The van der Waals surface area contributed by atoms with Gasteiger partial charge in [0.05, 0.1) is 21.6 Å². The number of piperidine rings is 1. The number of benzene rings is 4. The number of hydrogen-bond donors (Lipinski definition) is 5. The summed E-state index contributed by atoms with van der Waals surface area (Å²) in [4.78, 5) is 76.9. The number of carbonyl (C=O) groups excluding carboxylic acids is 4. The molecule has 0 radical (unpaired) electrons. The van der Waals surface area contributed by atoms with Crippen LogP contribution in [0.1, 0.15) is 128 Å². The number of nitro groups is 1. The smallest absolute Gasteiger partial charge is 0.293 e. The zero-order chi connectivity index (χ0) is 59.4. The molecule has 5 heterocycles. The number of halogens is 1. The summed E-state index contributed by atoms with van der Waals surface area (Å²) in [6.07, 6.45) is 14.5. The summed E-state index contributed by atoms with van der Waals surface area (Å²) in [5.41, 5.74) is 8.18. The van der Waals surface area contributed by atoms with Crippen LogP contribution in [-0.4, -0.2) is 115 Å². The van der Waals surface area contributed by atoms with Crippen molar-refractivity contribution in [3.8, 4) is 11.5 Å². The average Bonchev–Trinajstić information content (AvgIpc) is 2.99. The van der Waals surface area contributed by atoms with Gasteiger partial charge in [0.1, 0.15) is 28.9 Å². The van der Waals surface area contributed by atoms with Crippen molar-refractivity contribution < 1.29 is 37.3 Å². The molecule has 0 spiro atoms. The Bertz CT molecular complexity index is 3670. The van der Waals surface area contributed by atoms with Gasteiger partial charge >= 0.3 is 0 Å². The van der Waals surface area contributed by atoms with Crippen LogP contribution < -0.4 is 30.3 Å². The number of carbonyl (C=O) groups is 4. The third-order valence-electron chi connectivity index (χ3n) is 17.7. The molecule has 85 heavy (non-hydrogen) atoms. The summed E-state index contributed by atoms with van der Waals surface area (Å²) in [5, 5.41) is 23.3. The van der Waals surface area contributed by atoms with E-state index < -0.39 is 43.4 Å². The van der Waals surface area contributed by atoms with Crippen LogP contribution in [-0.2, 0) is 32.6 Å². The Morgan fingerprint density at radius 3 is 2.48 bits per heavy atom. The number of aryl methyl sites for hydroxylation is 1. The molecule has 5 aliphatic rings. The number of amides is 4. The van der Waals surface area contributed by atoms with E-state index in [2.05, 4.69) is 72.5 Å². The maximum atomic E-state index is 14.2. The van der Waals surface area contributed by atoms with Crippen molar-refractivity contribution in [3.05, 3.63) is 152 Å². The average molecular weight is 1190 g/mol. The van der Waals surface area contributed by atoms with Crippen molar-refractivity contribution in [3.63, 3.8) is 0 Å². The number of pyridine rings is 1. The van der Waals surface area contributed by atoms with Crippen LogP contribution in [0.25, 0.3) is 16.6 Å². The first kappa shape index (κ1) is 59.1. The molecule has 1 unspecified atom stereocenters. The van der Waals surface area contributed by atoms with Gasteiger partial charge in [0.25, 0.3) is 27.5 Å². The van der Waals surface area contributed by atoms with Gasteiger partial charge in [-0.25, -0.2) is 18.1 Å². The van der Waals surface area contributed by atoms with Gasteiger partial charge < -0.3 is 30.2 Å². The lowest BCUT2D eigenvalue weighted by molar-refractivity contribution is -0.384. The van der Waals surface area contributed by atoms with Gasteiger partial charge in [-0.3, -0.25) is 39.5 Å². The number of anilines is 2. The standard InChI is InChI=1S/C64H73ClN10O9S/c1-64(2)26-24-45(53(36-64)43-12-14-46(65)15-13-43)39-72-29-31-73(32-30-72)48-18-20-52(58(34-48)84-49-33-44-25-28-67-60(44)69-38-49)61(77)71-85(82,83)50-19-21-55(57(35-50)75(80)81)68-37-41-10-16-47(17-11-41)66-27-5-3-4-7-42-8-6-9-51-54(42)40-74(63(51)79)56-22-23-59(76)70-62(56)78/h6,8-9,12-15,18-21,25,28,33-35,38,41,47,56,66,68H,3-5,7,10-11,16-17,22-24,26-27,29-32,36-37,39-40H2,1-2H3,(H,67,69)(H,71,77)(H,70,76,78). The Morgan fingerprint density at radius 2 is 1.71 bits per heavy atom. The molecule has 19 nitrogen and oxygen atoms in total. The second-order valence-corrected chi connectivity index (χ2v) is 26.3. The second-order valence-electron chi connectivity index (χ2n) is 24.1. The number of fused-ring (bicyclic) bond motifs is 2. The van der Waals surface area contributed by atoms with Gasteiger partial charge in [-0.05, 0) is 165 Å². The van der Waals surface area contributed by atoms with E-state index in [0.717, 1.165) is 130 Å². The summed E-state index contributed by atoms with van der Waals surface area (Å²) in [7, 11) is -4.62. The highest BCUT2D eigenvalue weighted by Gasteiger charge is 2.40. The third kappa shape index (κ3) is 13.9. The van der Waals surface area contributed by atoms with Gasteiger partial charge in [0.2, 0.25) is 11.8 Å². The first-order chi connectivity index (χ1) is 40.9. The van der Waals surface area contributed by atoms with Gasteiger partial charge in [0.15, 0.2) is 0 Å². The normalized spacial score (nSPS) is 20.1. The van der Waals surface area contributed by atoms with E-state index in [1.165, 1.54) is 35.0 Å². The van der Waals surface area contributed by atoms with E-state index >= 15 is 0 Å². The molecular formula is C64H73ClN10O9S. The minimum Gasteiger partial charge on any atom is -0.455 e. The number of imide groups is 1. The zero-order valence-corrected chi connectivity index (χ0v) is 49.7. The fourth-order valence-corrected chi connectivity index (χ4v) is 13.9. The van der Waals surface area contributed by atoms with E-state index in [-0.39, 0.29) is 46.6 Å². The van der Waals surface area contributed by atoms with Crippen molar-refractivity contribution in [2.24, 2.45) is 11.3 Å². The summed E-state index contributed by atoms with van der Waals surface area (Å²) in [5.74, 6) is -1.13. The minimum absolute atomic E-state index is 0.0504. The minimum atomic E-state index is -4.62. The van der Waals surface area contributed by atoms with Crippen LogP contribution in [0.15, 0.2) is 114 Å². The van der Waals surface area contributed by atoms with Crippen LogP contribution >= 0.6 is 11.6 Å². The molecule has 4 aromatic carbocycles. The number of aromatic nitrogens is 2. The maximum Gasteiger partial charge on any atom is 0.293 e. The topological polar surface area (TPSA) is 241 Å². The molecule has 2 aromatic heterocycles. The number of nitro benzene ring substituents is 1. The molecule has 446 valence electrons. The fourth-order valence-electron chi connectivity index (χ4n) is 12.8. The summed E-state index contributed by atoms with van der Waals surface area (Å²) >= 11 is 6.27. The van der Waals surface area contributed by atoms with Gasteiger partial charge in [-0.15, -0.1) is 0 Å². The molecule has 3 aliphatic heterocycles. The third-order valence-corrected chi connectivity index (χ3v) is 19.3. The van der Waals surface area contributed by atoms with Crippen molar-refractivity contribution in [2.45, 2.75) is 121 Å². The Labute approximate surface area is 500 Å². The van der Waals surface area contributed by atoms with Crippen LogP contribution in [0.4, 0.5) is 17.1 Å². The highest BCUT2D eigenvalue weighted by Crippen LogP contribution is 2.44. The molecule has 1 atom stereocenters. The lowest BCUT2D eigenvalue weighted by Crippen LogP contribution is -2.52. The Morgan fingerprint density at radius 1 is 0.906 bits per heavy atom. The summed E-state index contributed by atoms with van der Waals surface area (Å²) < 4.78 is 36.5. The Kier molecular flexibility index (Phi) is 17.7. The van der Waals surface area contributed by atoms with Crippen molar-refractivity contribution >= 4 is 78.9 Å². The van der Waals surface area contributed by atoms with E-state index in [1.807, 2.05) is 30.3 Å². The van der Waals surface area contributed by atoms with Crippen LogP contribution in [0.3, 0.4) is 0 Å². The summed E-state index contributed by atoms with van der Waals surface area (Å²) in [6, 6.07) is 26.0. The molecule has 21 heteroatoms. The zero-order valence-electron chi connectivity index (χ0n) is 48.1. The monoisotopic (exact) mass is 1190 g/mol. The van der Waals surface area contributed by atoms with E-state index in [4.69, 9.17) is 16.3 Å². The molecule has 6 aromatic rings. The largest absolute Gasteiger partial charge is 0.455 e. The van der Waals surface area contributed by atoms with Gasteiger partial charge in [-0.2, -0.15) is 0 Å². The molecular weight excluding hydrogens is 1120 g/mol. The molecule has 4 amide bonds. The molecule has 1 saturated carbocycles. The number of unbranched alkanes of at least 4 members (excludes halogenated alkanes) is 2. The number of aromatic amines is 1. The Hall–Kier alpha value is -7.65. The highest BCUT2D eigenvalue weighted by atomic mass is 35.5. The second kappa shape index (κ2) is 25.5. The van der Waals surface area contributed by atoms with E-state index in [9.17, 15) is 37.7 Å². The highest BCUT2D eigenvalue weighted by molar-refractivity contribution is 7.90. The van der Waals surface area contributed by atoms with Crippen LogP contribution in [0.2, 0.25) is 5.02 Å². The molecule has 11 rings (SSSR count). The number of H-pyrrole nitrogens is 1. The van der Waals surface area contributed by atoms with Gasteiger partial charge in [-0.1, -0.05) is 61.7 Å². The van der Waals surface area contributed by atoms with Gasteiger partial charge in [0, 0.05) is 98.3 Å². The fraction of sp³-hybridized carbons (Fsp3) is 0.422. The lowest BCUT2D eigenvalue weighted by atomic mass is 9.72. The number of allylic oxidation sites excluding steroid dienone is 1. The van der Waals surface area contributed by atoms with Crippen LogP contribution in [0.5, 0.6) is 11.5 Å². The van der Waals surface area contributed by atoms with E-state index in [1.54, 1.807) is 35.4 Å². The molecule has 3 fully saturated rings. The first-order valence-electron chi connectivity index (χ1n) is 29.7. The molecule has 0 bridgehead atoms. The number of rotatable bonds is 21. The number of hydrogen-bond acceptors (Lipinski definition) is 14. The molecule has 5 N–H and O–H groups in total. The number of nitrogens with zero attached hydrogens (tertiary/aromatic N) is 5.